The number of alkyl halides is 5. The minimum Gasteiger partial charge on any atom is -0.331 e. The Kier molecular flexibility index (Phi) is 1.87. The Balaban J connectivity index is 4.02. The zero-order valence-electron chi connectivity index (χ0n) is 3.34. The Bertz CT molecular complexity index is 69.0. The van der Waals surface area contributed by atoms with Crippen molar-refractivity contribution in [1.29, 1.82) is 0 Å². The molecule has 1 nitrogen and oxygen atoms in total. The third kappa shape index (κ3) is 1.95. The van der Waals surface area contributed by atoms with Crippen molar-refractivity contribution in [1.82, 2.24) is 0 Å². The molecule has 0 rings (SSSR count). The number of hydrogen-bond acceptors (Lipinski definition) is 1. The number of hydrogen-bond donors (Lipinski definition) is 1. The lowest BCUT2D eigenvalue weighted by atomic mass is 10.7. The van der Waals surface area contributed by atoms with E-state index in [1.807, 2.05) is 0 Å². The second-order valence-electron chi connectivity index (χ2n) is 1.04. The highest BCUT2D eigenvalue weighted by molar-refractivity contribution is 9.10. The predicted molar refractivity (Wildman–Crippen MR) is 21.0 cm³/mol. The highest BCUT2D eigenvalue weighted by Gasteiger charge is 2.53. The summed E-state index contributed by atoms with van der Waals surface area (Å²) in [4.78, 5) is -4.53. The fourth-order valence-corrected chi connectivity index (χ4v) is 0. The Labute approximate surface area is 50.4 Å². The molecule has 0 aromatic carbocycles. The van der Waals surface area contributed by atoms with Crippen molar-refractivity contribution in [2.24, 2.45) is 0 Å². The third-order valence-corrected chi connectivity index (χ3v) is 0.818. The van der Waals surface area contributed by atoms with Crippen molar-refractivity contribution >= 4 is 15.9 Å². The van der Waals surface area contributed by atoms with Crippen LogP contribution in [0.15, 0.2) is 0 Å². The molecule has 0 unspecified atom stereocenters. The smallest absolute Gasteiger partial charge is 0.331 e. The summed E-state index contributed by atoms with van der Waals surface area (Å²) in [5.41, 5.74) is 0. The second kappa shape index (κ2) is 1.84. The van der Waals surface area contributed by atoms with Crippen LogP contribution in [-0.4, -0.2) is 16.0 Å². The van der Waals surface area contributed by atoms with Gasteiger partial charge in [-0.2, -0.15) is 17.6 Å². The van der Waals surface area contributed by atoms with Gasteiger partial charge in [0.05, 0.1) is 0 Å². The van der Waals surface area contributed by atoms with Gasteiger partial charge in [0.1, 0.15) is 0 Å². The summed E-state index contributed by atoms with van der Waals surface area (Å²) >= 11 is 1.27. The van der Waals surface area contributed by atoms with Gasteiger partial charge in [-0.25, -0.2) is 0 Å². The zero-order chi connectivity index (χ0) is 7.00. The number of rotatable bonds is 1. The van der Waals surface area contributed by atoms with E-state index in [2.05, 4.69) is 0 Å². The van der Waals surface area contributed by atoms with Crippen LogP contribution in [0.25, 0.3) is 0 Å². The topological polar surface area (TPSA) is 20.2 Å². The molecule has 0 fully saturated rings. The summed E-state index contributed by atoms with van der Waals surface area (Å²) in [6.45, 7) is 0. The Morgan fingerprint density at radius 1 is 1.12 bits per heavy atom. The van der Waals surface area contributed by atoms with Crippen molar-refractivity contribution in [2.45, 2.75) is 10.9 Å². The minimum atomic E-state index is -4.98. The summed E-state index contributed by atoms with van der Waals surface area (Å²) in [5, 5.41) is 7.22. The van der Waals surface area contributed by atoms with E-state index in [0.717, 1.165) is 0 Å². The van der Waals surface area contributed by atoms with E-state index in [4.69, 9.17) is 5.11 Å². The first-order chi connectivity index (χ1) is 3.25. The van der Waals surface area contributed by atoms with Crippen LogP contribution in [0.2, 0.25) is 0 Å². The molecule has 50 valence electrons. The van der Waals surface area contributed by atoms with Crippen LogP contribution in [-0.2, 0) is 0 Å². The van der Waals surface area contributed by atoms with Crippen molar-refractivity contribution in [2.75, 3.05) is 0 Å². The van der Waals surface area contributed by atoms with Gasteiger partial charge in [0.25, 0.3) is 0 Å². The SMILES string of the molecule is OC(F)(F)C(F)(F)Br. The van der Waals surface area contributed by atoms with Crippen LogP contribution in [0.3, 0.4) is 0 Å². The molecular weight excluding hydrogens is 196 g/mol. The molecule has 0 aliphatic carbocycles. The second-order valence-corrected chi connectivity index (χ2v) is 2.03. The minimum absolute atomic E-state index is 1.27. The molecule has 8 heavy (non-hydrogen) atoms. The fourth-order valence-electron chi connectivity index (χ4n) is 0. The summed E-state index contributed by atoms with van der Waals surface area (Å²) in [7, 11) is 0. The first kappa shape index (κ1) is 8.16. The third-order valence-electron chi connectivity index (χ3n) is 0.341. The normalized spacial score (nSPS) is 14.2. The van der Waals surface area contributed by atoms with Gasteiger partial charge < -0.3 is 5.11 Å². The molecule has 0 aromatic heterocycles. The molecule has 0 saturated carbocycles. The number of halogens is 5. The van der Waals surface area contributed by atoms with Gasteiger partial charge in [0, 0.05) is 15.9 Å². The largest absolute Gasteiger partial charge is 0.427 e. The molecule has 0 aliphatic rings. The lowest BCUT2D eigenvalue weighted by Gasteiger charge is -2.13. The highest BCUT2D eigenvalue weighted by Crippen LogP contribution is 2.36. The van der Waals surface area contributed by atoms with Crippen molar-refractivity contribution in [3.8, 4) is 0 Å². The molecule has 0 atom stereocenters. The molecular formula is C2HBrF4O. The molecule has 1 N–H and O–H groups in total. The number of aliphatic hydroxyl groups is 1. The van der Waals surface area contributed by atoms with Crippen molar-refractivity contribution < 1.29 is 22.7 Å². The maximum Gasteiger partial charge on any atom is 0.427 e. The van der Waals surface area contributed by atoms with Crippen molar-refractivity contribution in [3.63, 3.8) is 0 Å². The van der Waals surface area contributed by atoms with Gasteiger partial charge in [-0.3, -0.25) is 0 Å². The van der Waals surface area contributed by atoms with Gasteiger partial charge in [-0.1, -0.05) is 0 Å². The van der Waals surface area contributed by atoms with E-state index >= 15 is 0 Å². The average Bonchev–Trinajstić information content (AvgIpc) is 1.25. The summed E-state index contributed by atoms with van der Waals surface area (Å²) < 4.78 is 44.3. The molecule has 0 radical (unpaired) electrons. The van der Waals surface area contributed by atoms with Gasteiger partial charge in [-0.05, 0) is 0 Å². The van der Waals surface area contributed by atoms with Gasteiger partial charge >= 0.3 is 10.9 Å². The van der Waals surface area contributed by atoms with Crippen LogP contribution in [0, 0.1) is 0 Å². The molecule has 0 heterocycles. The molecule has 0 spiro atoms. The van der Waals surface area contributed by atoms with Gasteiger partial charge in [-0.15, -0.1) is 0 Å². The fraction of sp³-hybridized carbons (Fsp3) is 1.00. The first-order valence-corrected chi connectivity index (χ1v) is 2.21. The summed E-state index contributed by atoms with van der Waals surface area (Å²) in [6.07, 6.45) is -4.98. The van der Waals surface area contributed by atoms with E-state index < -0.39 is 10.9 Å². The van der Waals surface area contributed by atoms with E-state index in [9.17, 15) is 17.6 Å². The standard InChI is InChI=1S/C2HBrF4O/c3-1(4,5)2(6,7)8/h8H. The maximum absolute atomic E-state index is 11.1. The Hall–Kier alpha value is 0.160. The van der Waals surface area contributed by atoms with E-state index in [-0.39, 0.29) is 0 Å². The molecule has 0 aliphatic heterocycles. The van der Waals surface area contributed by atoms with Gasteiger partial charge in [0.2, 0.25) is 0 Å². The van der Waals surface area contributed by atoms with Gasteiger partial charge in [0.15, 0.2) is 0 Å². The van der Waals surface area contributed by atoms with Crippen molar-refractivity contribution in [3.05, 3.63) is 0 Å². The first-order valence-electron chi connectivity index (χ1n) is 1.42. The van der Waals surface area contributed by atoms with E-state index in [1.165, 1.54) is 15.9 Å². The van der Waals surface area contributed by atoms with E-state index in [1.54, 1.807) is 0 Å². The molecule has 0 amide bonds. The van der Waals surface area contributed by atoms with Crippen LogP contribution < -0.4 is 0 Å². The molecule has 0 aromatic rings. The molecule has 6 heteroatoms. The summed E-state index contributed by atoms with van der Waals surface area (Å²) in [5.74, 6) is 0. The molecule has 0 bridgehead atoms. The quantitative estimate of drug-likeness (QED) is 0.499. The predicted octanol–water partition coefficient (Wildman–Crippen LogP) is 1.56. The monoisotopic (exact) mass is 196 g/mol. The highest BCUT2D eigenvalue weighted by atomic mass is 79.9. The van der Waals surface area contributed by atoms with Crippen LogP contribution >= 0.6 is 15.9 Å². The maximum atomic E-state index is 11.1. The Morgan fingerprint density at radius 2 is 1.25 bits per heavy atom. The van der Waals surface area contributed by atoms with E-state index in [0.29, 0.717) is 0 Å². The lowest BCUT2D eigenvalue weighted by Crippen LogP contribution is -2.33. The van der Waals surface area contributed by atoms with Crippen LogP contribution in [0.1, 0.15) is 0 Å². The Morgan fingerprint density at radius 3 is 1.25 bits per heavy atom. The average molecular weight is 197 g/mol. The zero-order valence-corrected chi connectivity index (χ0v) is 4.92. The molecule has 0 saturated heterocycles. The van der Waals surface area contributed by atoms with Crippen LogP contribution in [0.5, 0.6) is 0 Å². The lowest BCUT2D eigenvalue weighted by molar-refractivity contribution is -0.284. The summed E-state index contributed by atoms with van der Waals surface area (Å²) in [6, 6.07) is 0. The van der Waals surface area contributed by atoms with Crippen LogP contribution in [0.4, 0.5) is 17.6 Å².